The van der Waals surface area contributed by atoms with E-state index in [1.807, 2.05) is 0 Å². The van der Waals surface area contributed by atoms with Crippen LogP contribution in [0.15, 0.2) is 17.8 Å². The second-order valence-electron chi connectivity index (χ2n) is 3.96. The highest BCUT2D eigenvalue weighted by Crippen LogP contribution is 2.27. The quantitative estimate of drug-likeness (QED) is 0.757. The molecule has 0 aliphatic carbocycles. The average molecular weight is 235 g/mol. The summed E-state index contributed by atoms with van der Waals surface area (Å²) in [5.74, 6) is 1.04. The highest BCUT2D eigenvalue weighted by molar-refractivity contribution is 7.16. The zero-order valence-corrected chi connectivity index (χ0v) is 9.91. The molecular weight excluding hydrogens is 222 g/mol. The van der Waals surface area contributed by atoms with E-state index in [0.717, 1.165) is 35.7 Å². The number of hydrogen-bond acceptors (Lipinski definition) is 5. The third kappa shape index (κ3) is 1.66. The molecule has 84 valence electrons. The Hall–Kier alpha value is -1.20. The van der Waals surface area contributed by atoms with Crippen LogP contribution in [0.2, 0.25) is 0 Å². The lowest BCUT2D eigenvalue weighted by Crippen LogP contribution is -2.41. The second kappa shape index (κ2) is 3.99. The van der Waals surface area contributed by atoms with Crippen molar-refractivity contribution in [2.45, 2.75) is 13.0 Å². The number of ether oxygens (including phenoxy) is 1. The van der Waals surface area contributed by atoms with Crippen LogP contribution in [-0.2, 0) is 4.74 Å². The van der Waals surface area contributed by atoms with E-state index in [0.29, 0.717) is 0 Å². The summed E-state index contributed by atoms with van der Waals surface area (Å²) < 4.78 is 5.54. The van der Waals surface area contributed by atoms with Crippen molar-refractivity contribution in [2.75, 3.05) is 24.6 Å². The molecule has 3 heterocycles. The van der Waals surface area contributed by atoms with E-state index in [-0.39, 0.29) is 6.10 Å². The van der Waals surface area contributed by atoms with Crippen LogP contribution in [0.25, 0.3) is 10.2 Å². The van der Waals surface area contributed by atoms with Gasteiger partial charge in [-0.15, -0.1) is 11.3 Å². The predicted molar refractivity (Wildman–Crippen MR) is 65.0 cm³/mol. The van der Waals surface area contributed by atoms with Gasteiger partial charge in [0, 0.05) is 13.1 Å². The number of fused-ring (bicyclic) bond motifs is 1. The van der Waals surface area contributed by atoms with Crippen molar-refractivity contribution >= 4 is 27.4 Å². The molecule has 4 nitrogen and oxygen atoms in total. The minimum Gasteiger partial charge on any atom is -0.375 e. The van der Waals surface area contributed by atoms with Gasteiger partial charge < -0.3 is 9.64 Å². The zero-order valence-electron chi connectivity index (χ0n) is 9.09. The maximum absolute atomic E-state index is 5.54. The zero-order chi connectivity index (χ0) is 11.0. The third-order valence-corrected chi connectivity index (χ3v) is 3.60. The van der Waals surface area contributed by atoms with Crippen molar-refractivity contribution < 1.29 is 4.74 Å². The normalized spacial score (nSPS) is 21.6. The van der Waals surface area contributed by atoms with Gasteiger partial charge in [0.05, 0.1) is 18.1 Å². The first kappa shape index (κ1) is 9.99. The monoisotopic (exact) mass is 235 g/mol. The number of hydrogen-bond donors (Lipinski definition) is 0. The van der Waals surface area contributed by atoms with Gasteiger partial charge in [0.25, 0.3) is 0 Å². The minimum absolute atomic E-state index is 0.275. The largest absolute Gasteiger partial charge is 0.375 e. The lowest BCUT2D eigenvalue weighted by Gasteiger charge is -2.32. The fourth-order valence-electron chi connectivity index (χ4n) is 2.04. The standard InChI is InChI=1S/C11H13N3OS/c1-8-6-14(3-4-15-8)10-9-2-5-16-11(9)13-7-12-10/h2,5,7-8H,3-4,6H2,1H3/t8-/m1/s1. The van der Waals surface area contributed by atoms with Crippen molar-refractivity contribution in [3.63, 3.8) is 0 Å². The Kier molecular flexibility index (Phi) is 2.49. The van der Waals surface area contributed by atoms with Gasteiger partial charge in [0.2, 0.25) is 0 Å². The molecule has 2 aromatic rings. The fourth-order valence-corrected chi connectivity index (χ4v) is 2.77. The fraction of sp³-hybridized carbons (Fsp3) is 0.455. The predicted octanol–water partition coefficient (Wildman–Crippen LogP) is 1.92. The van der Waals surface area contributed by atoms with E-state index in [1.54, 1.807) is 17.7 Å². The topological polar surface area (TPSA) is 38.2 Å². The molecule has 1 saturated heterocycles. The van der Waals surface area contributed by atoms with Crippen LogP contribution in [0.4, 0.5) is 5.82 Å². The van der Waals surface area contributed by atoms with Crippen molar-refractivity contribution in [2.24, 2.45) is 0 Å². The maximum atomic E-state index is 5.54. The molecule has 1 aliphatic rings. The SMILES string of the molecule is C[C@@H]1CN(c2ncnc3sccc23)CCO1. The summed E-state index contributed by atoms with van der Waals surface area (Å²) >= 11 is 1.66. The molecule has 5 heteroatoms. The van der Waals surface area contributed by atoms with Gasteiger partial charge in [-0.2, -0.15) is 0 Å². The summed E-state index contributed by atoms with van der Waals surface area (Å²) in [7, 11) is 0. The summed E-state index contributed by atoms with van der Waals surface area (Å²) in [5, 5.41) is 3.22. The maximum Gasteiger partial charge on any atom is 0.140 e. The molecule has 0 N–H and O–H groups in total. The smallest absolute Gasteiger partial charge is 0.140 e. The van der Waals surface area contributed by atoms with Crippen molar-refractivity contribution in [1.29, 1.82) is 0 Å². The molecule has 0 bridgehead atoms. The number of aromatic nitrogens is 2. The Morgan fingerprint density at radius 3 is 3.31 bits per heavy atom. The van der Waals surface area contributed by atoms with Crippen LogP contribution in [0, 0.1) is 0 Å². The van der Waals surface area contributed by atoms with Crippen LogP contribution in [-0.4, -0.2) is 35.8 Å². The molecule has 1 atom stereocenters. The van der Waals surface area contributed by atoms with Gasteiger partial charge in [-0.25, -0.2) is 9.97 Å². The molecule has 1 aliphatic heterocycles. The van der Waals surface area contributed by atoms with Crippen molar-refractivity contribution in [1.82, 2.24) is 9.97 Å². The first-order chi connectivity index (χ1) is 7.84. The van der Waals surface area contributed by atoms with E-state index in [1.165, 1.54) is 0 Å². The molecule has 0 radical (unpaired) electrons. The Bertz CT molecular complexity index is 499. The highest BCUT2D eigenvalue weighted by atomic mass is 32.1. The minimum atomic E-state index is 0.275. The number of rotatable bonds is 1. The van der Waals surface area contributed by atoms with Crippen LogP contribution >= 0.6 is 11.3 Å². The van der Waals surface area contributed by atoms with E-state index in [4.69, 9.17) is 4.74 Å². The Morgan fingerprint density at radius 2 is 2.44 bits per heavy atom. The van der Waals surface area contributed by atoms with E-state index in [2.05, 4.69) is 33.2 Å². The lowest BCUT2D eigenvalue weighted by molar-refractivity contribution is 0.0530. The summed E-state index contributed by atoms with van der Waals surface area (Å²) in [6, 6.07) is 2.09. The first-order valence-corrected chi connectivity index (χ1v) is 6.27. The molecule has 16 heavy (non-hydrogen) atoms. The van der Waals surface area contributed by atoms with Crippen molar-refractivity contribution in [3.8, 4) is 0 Å². The summed E-state index contributed by atoms with van der Waals surface area (Å²) in [4.78, 5) is 12.0. The van der Waals surface area contributed by atoms with Gasteiger partial charge in [0.15, 0.2) is 0 Å². The summed E-state index contributed by atoms with van der Waals surface area (Å²) in [6.45, 7) is 4.68. The van der Waals surface area contributed by atoms with Gasteiger partial charge in [-0.3, -0.25) is 0 Å². The Labute approximate surface area is 97.9 Å². The average Bonchev–Trinajstić information content (AvgIpc) is 2.76. The Morgan fingerprint density at radius 1 is 1.50 bits per heavy atom. The second-order valence-corrected chi connectivity index (χ2v) is 4.86. The third-order valence-electron chi connectivity index (χ3n) is 2.78. The lowest BCUT2D eigenvalue weighted by atomic mass is 10.2. The number of nitrogens with zero attached hydrogens (tertiary/aromatic N) is 3. The molecule has 1 fully saturated rings. The van der Waals surface area contributed by atoms with E-state index >= 15 is 0 Å². The molecule has 0 saturated carbocycles. The number of thiophene rings is 1. The van der Waals surface area contributed by atoms with Gasteiger partial charge >= 0.3 is 0 Å². The van der Waals surface area contributed by atoms with Crippen molar-refractivity contribution in [3.05, 3.63) is 17.8 Å². The molecule has 0 aromatic carbocycles. The van der Waals surface area contributed by atoms with Gasteiger partial charge in [-0.05, 0) is 18.4 Å². The molecule has 0 spiro atoms. The van der Waals surface area contributed by atoms with Crippen LogP contribution in [0.5, 0.6) is 0 Å². The number of morpholine rings is 1. The molecule has 2 aromatic heterocycles. The highest BCUT2D eigenvalue weighted by Gasteiger charge is 2.20. The van der Waals surface area contributed by atoms with E-state index < -0.39 is 0 Å². The van der Waals surface area contributed by atoms with Crippen LogP contribution in [0.3, 0.4) is 0 Å². The van der Waals surface area contributed by atoms with Crippen LogP contribution in [0.1, 0.15) is 6.92 Å². The van der Waals surface area contributed by atoms with Gasteiger partial charge in [-0.1, -0.05) is 0 Å². The summed E-state index contributed by atoms with van der Waals surface area (Å²) in [5.41, 5.74) is 0. The number of anilines is 1. The summed E-state index contributed by atoms with van der Waals surface area (Å²) in [6.07, 6.45) is 1.92. The molecular formula is C11H13N3OS. The van der Waals surface area contributed by atoms with E-state index in [9.17, 15) is 0 Å². The Balaban J connectivity index is 2.01. The first-order valence-electron chi connectivity index (χ1n) is 5.39. The van der Waals surface area contributed by atoms with Gasteiger partial charge in [0.1, 0.15) is 17.0 Å². The van der Waals surface area contributed by atoms with Crippen LogP contribution < -0.4 is 4.90 Å². The molecule has 0 unspecified atom stereocenters. The molecule has 3 rings (SSSR count). The molecule has 0 amide bonds.